The third kappa shape index (κ3) is 3.14. The van der Waals surface area contributed by atoms with Gasteiger partial charge in [0.15, 0.2) is 0 Å². The highest BCUT2D eigenvalue weighted by atomic mass is 16.3. The molecule has 0 aromatic heterocycles. The zero-order valence-corrected chi connectivity index (χ0v) is 11.9. The number of aliphatic hydroxyl groups is 1. The summed E-state index contributed by atoms with van der Waals surface area (Å²) in [5.41, 5.74) is 3.21. The lowest BCUT2D eigenvalue weighted by Crippen LogP contribution is -2.39. The second kappa shape index (κ2) is 5.31. The van der Waals surface area contributed by atoms with Crippen LogP contribution in [0.1, 0.15) is 31.4 Å². The van der Waals surface area contributed by atoms with Crippen LogP contribution in [-0.4, -0.2) is 30.2 Å². The predicted octanol–water partition coefficient (Wildman–Crippen LogP) is 1.46. The Morgan fingerprint density at radius 1 is 1.42 bits per heavy atom. The summed E-state index contributed by atoms with van der Waals surface area (Å²) in [5.74, 6) is 0.153. The molecule has 1 aromatic carbocycles. The van der Waals surface area contributed by atoms with E-state index in [-0.39, 0.29) is 18.1 Å². The quantitative estimate of drug-likeness (QED) is 0.844. The van der Waals surface area contributed by atoms with Crippen LogP contribution in [-0.2, 0) is 17.8 Å². The Morgan fingerprint density at radius 3 is 2.84 bits per heavy atom. The van der Waals surface area contributed by atoms with Gasteiger partial charge in [0.25, 0.3) is 0 Å². The van der Waals surface area contributed by atoms with Crippen molar-refractivity contribution in [3.63, 3.8) is 0 Å². The summed E-state index contributed by atoms with van der Waals surface area (Å²) in [6, 6.07) is 6.16. The molecule has 1 aromatic rings. The maximum absolute atomic E-state index is 11.6. The third-order valence-electron chi connectivity index (χ3n) is 3.73. The number of amides is 1. The van der Waals surface area contributed by atoms with Gasteiger partial charge in [-0.05, 0) is 37.5 Å². The highest BCUT2D eigenvalue weighted by Crippen LogP contribution is 2.28. The minimum absolute atomic E-state index is 0.0830. The maximum atomic E-state index is 11.6. The number of anilines is 1. The van der Waals surface area contributed by atoms with E-state index in [1.807, 2.05) is 13.1 Å². The van der Waals surface area contributed by atoms with Crippen molar-refractivity contribution in [3.05, 3.63) is 29.3 Å². The Kier molecular flexibility index (Phi) is 3.92. The number of carbonyl (C=O) groups is 1. The van der Waals surface area contributed by atoms with Gasteiger partial charge in [0.05, 0.1) is 6.42 Å². The van der Waals surface area contributed by atoms with Crippen LogP contribution in [0.25, 0.3) is 0 Å². The number of benzene rings is 1. The van der Waals surface area contributed by atoms with Gasteiger partial charge in [-0.2, -0.15) is 0 Å². The van der Waals surface area contributed by atoms with Gasteiger partial charge in [-0.3, -0.25) is 4.79 Å². The molecule has 0 radical (unpaired) electrons. The molecule has 1 heterocycles. The molecule has 104 valence electrons. The SMILES string of the molecule is CN1C(=O)Cc2cc(CNC(C)(C)CCO)ccc21. The first-order valence-electron chi connectivity index (χ1n) is 6.67. The lowest BCUT2D eigenvalue weighted by Gasteiger charge is -2.25. The summed E-state index contributed by atoms with van der Waals surface area (Å²) in [5, 5.41) is 12.4. The normalized spacial score (nSPS) is 14.9. The van der Waals surface area contributed by atoms with Crippen molar-refractivity contribution in [2.24, 2.45) is 0 Å². The molecular formula is C15H22N2O2. The average Bonchev–Trinajstić information content (AvgIpc) is 2.62. The number of carbonyl (C=O) groups excluding carboxylic acids is 1. The zero-order valence-electron chi connectivity index (χ0n) is 11.9. The van der Waals surface area contributed by atoms with E-state index in [2.05, 4.69) is 31.3 Å². The highest BCUT2D eigenvalue weighted by molar-refractivity contribution is 6.00. The average molecular weight is 262 g/mol. The topological polar surface area (TPSA) is 52.6 Å². The number of nitrogens with zero attached hydrogens (tertiary/aromatic N) is 1. The fourth-order valence-corrected chi connectivity index (χ4v) is 2.34. The van der Waals surface area contributed by atoms with Crippen LogP contribution in [0.2, 0.25) is 0 Å². The Morgan fingerprint density at radius 2 is 2.16 bits per heavy atom. The molecule has 0 bridgehead atoms. The van der Waals surface area contributed by atoms with E-state index in [1.165, 1.54) is 5.56 Å². The van der Waals surface area contributed by atoms with Crippen LogP contribution in [0.15, 0.2) is 18.2 Å². The van der Waals surface area contributed by atoms with Crippen molar-refractivity contribution in [2.45, 2.75) is 38.8 Å². The van der Waals surface area contributed by atoms with E-state index in [9.17, 15) is 4.79 Å². The number of hydrogen-bond donors (Lipinski definition) is 2. The molecular weight excluding hydrogens is 240 g/mol. The van der Waals surface area contributed by atoms with Crippen molar-refractivity contribution in [3.8, 4) is 0 Å². The summed E-state index contributed by atoms with van der Waals surface area (Å²) in [7, 11) is 1.82. The number of hydrogen-bond acceptors (Lipinski definition) is 3. The second-order valence-electron chi connectivity index (χ2n) is 5.80. The van der Waals surface area contributed by atoms with E-state index >= 15 is 0 Å². The molecule has 1 aliphatic heterocycles. The van der Waals surface area contributed by atoms with E-state index in [4.69, 9.17) is 5.11 Å². The summed E-state index contributed by atoms with van der Waals surface area (Å²) >= 11 is 0. The van der Waals surface area contributed by atoms with Gasteiger partial charge in [-0.1, -0.05) is 12.1 Å². The first-order valence-corrected chi connectivity index (χ1v) is 6.67. The van der Waals surface area contributed by atoms with Crippen LogP contribution >= 0.6 is 0 Å². The fraction of sp³-hybridized carbons (Fsp3) is 0.533. The molecule has 0 atom stereocenters. The smallest absolute Gasteiger partial charge is 0.231 e. The van der Waals surface area contributed by atoms with Crippen molar-refractivity contribution in [1.82, 2.24) is 5.32 Å². The van der Waals surface area contributed by atoms with Crippen LogP contribution in [0.4, 0.5) is 5.69 Å². The van der Waals surface area contributed by atoms with Gasteiger partial charge >= 0.3 is 0 Å². The minimum Gasteiger partial charge on any atom is -0.396 e. The molecule has 0 fully saturated rings. The monoisotopic (exact) mass is 262 g/mol. The number of likely N-dealkylation sites (N-methyl/N-ethyl adjacent to an activating group) is 1. The van der Waals surface area contributed by atoms with Gasteiger partial charge < -0.3 is 15.3 Å². The molecule has 1 aliphatic rings. The van der Waals surface area contributed by atoms with Gasteiger partial charge in [-0.25, -0.2) is 0 Å². The molecule has 2 N–H and O–H groups in total. The molecule has 0 saturated carbocycles. The van der Waals surface area contributed by atoms with Crippen LogP contribution in [0.3, 0.4) is 0 Å². The second-order valence-corrected chi connectivity index (χ2v) is 5.80. The van der Waals surface area contributed by atoms with Crippen molar-refractivity contribution < 1.29 is 9.90 Å². The molecule has 2 rings (SSSR count). The van der Waals surface area contributed by atoms with Gasteiger partial charge in [0, 0.05) is 31.4 Å². The maximum Gasteiger partial charge on any atom is 0.231 e. The standard InChI is InChI=1S/C15H22N2O2/c1-15(2,6-7-18)16-10-11-4-5-13-12(8-11)9-14(19)17(13)3/h4-5,8,16,18H,6-7,9-10H2,1-3H3. The molecule has 0 spiro atoms. The fourth-order valence-electron chi connectivity index (χ4n) is 2.34. The lowest BCUT2D eigenvalue weighted by molar-refractivity contribution is -0.117. The van der Waals surface area contributed by atoms with E-state index < -0.39 is 0 Å². The molecule has 19 heavy (non-hydrogen) atoms. The minimum atomic E-state index is -0.0830. The van der Waals surface area contributed by atoms with Crippen molar-refractivity contribution in [2.75, 3.05) is 18.6 Å². The number of nitrogens with one attached hydrogen (secondary N) is 1. The lowest BCUT2D eigenvalue weighted by atomic mass is 10.0. The first kappa shape index (κ1) is 14.0. The van der Waals surface area contributed by atoms with Crippen molar-refractivity contribution >= 4 is 11.6 Å². The van der Waals surface area contributed by atoms with Gasteiger partial charge in [0.2, 0.25) is 5.91 Å². The van der Waals surface area contributed by atoms with Crippen LogP contribution in [0, 0.1) is 0 Å². The largest absolute Gasteiger partial charge is 0.396 e. The first-order chi connectivity index (χ1) is 8.93. The molecule has 4 heteroatoms. The Labute approximate surface area is 114 Å². The Balaban J connectivity index is 2.04. The number of rotatable bonds is 5. The number of fused-ring (bicyclic) bond motifs is 1. The summed E-state index contributed by atoms with van der Waals surface area (Å²) in [6.07, 6.45) is 1.22. The van der Waals surface area contributed by atoms with Crippen LogP contribution < -0.4 is 10.2 Å². The van der Waals surface area contributed by atoms with Crippen LogP contribution in [0.5, 0.6) is 0 Å². The molecule has 0 aliphatic carbocycles. The Bertz CT molecular complexity index is 483. The molecule has 4 nitrogen and oxygen atoms in total. The van der Waals surface area contributed by atoms with E-state index in [1.54, 1.807) is 4.90 Å². The van der Waals surface area contributed by atoms with E-state index in [0.29, 0.717) is 6.42 Å². The number of aliphatic hydroxyl groups excluding tert-OH is 1. The predicted molar refractivity (Wildman–Crippen MR) is 76.2 cm³/mol. The molecule has 1 amide bonds. The summed E-state index contributed by atoms with van der Waals surface area (Å²) < 4.78 is 0. The summed E-state index contributed by atoms with van der Waals surface area (Å²) in [6.45, 7) is 5.09. The summed E-state index contributed by atoms with van der Waals surface area (Å²) in [4.78, 5) is 13.3. The van der Waals surface area contributed by atoms with Crippen molar-refractivity contribution in [1.29, 1.82) is 0 Å². The molecule has 0 saturated heterocycles. The van der Waals surface area contributed by atoms with Gasteiger partial charge in [0.1, 0.15) is 0 Å². The van der Waals surface area contributed by atoms with E-state index in [0.717, 1.165) is 24.2 Å². The molecule has 0 unspecified atom stereocenters. The van der Waals surface area contributed by atoms with Gasteiger partial charge in [-0.15, -0.1) is 0 Å². The zero-order chi connectivity index (χ0) is 14.0. The Hall–Kier alpha value is -1.39. The third-order valence-corrected chi connectivity index (χ3v) is 3.73. The highest BCUT2D eigenvalue weighted by Gasteiger charge is 2.24.